The Bertz CT molecular complexity index is 2820. The predicted octanol–water partition coefficient (Wildman–Crippen LogP) is 10.7. The molecular weight excluding hydrogens is 685 g/mol. The first kappa shape index (κ1) is 34.7. The van der Waals surface area contributed by atoms with Crippen LogP contribution in [-0.2, 0) is 25.9 Å². The Labute approximate surface area is 328 Å². The number of pyridine rings is 2. The van der Waals surface area contributed by atoms with Crippen LogP contribution in [0.3, 0.4) is 0 Å². The third-order valence-electron chi connectivity index (χ3n) is 12.3. The average molecular weight is 733 g/mol. The van der Waals surface area contributed by atoms with Crippen molar-refractivity contribution >= 4 is 21.8 Å². The Morgan fingerprint density at radius 3 is 1.75 bits per heavy atom. The van der Waals surface area contributed by atoms with Crippen LogP contribution in [0.25, 0.3) is 66.6 Å². The predicted molar refractivity (Wildman–Crippen MR) is 231 cm³/mol. The van der Waals surface area contributed by atoms with Gasteiger partial charge in [0.2, 0.25) is 0 Å². The molecule has 4 aromatic heterocycles. The van der Waals surface area contributed by atoms with Gasteiger partial charge in [0, 0.05) is 92.6 Å². The first-order chi connectivity index (χ1) is 27.2. The minimum Gasteiger partial charge on any atom is -0.354 e. The van der Waals surface area contributed by atoms with Crippen molar-refractivity contribution in [1.82, 2.24) is 30.6 Å². The number of aromatic nitrogens is 4. The summed E-state index contributed by atoms with van der Waals surface area (Å²) in [6.07, 6.45) is 1.97. The number of H-pyrrole nitrogens is 2. The van der Waals surface area contributed by atoms with Gasteiger partial charge in [0.1, 0.15) is 0 Å². The molecule has 0 saturated carbocycles. The fraction of sp³-hybridized carbons (Fsp3) is 0.240. The van der Waals surface area contributed by atoms with Gasteiger partial charge in [-0.1, -0.05) is 54.6 Å². The van der Waals surface area contributed by atoms with Crippen LogP contribution < -0.4 is 10.6 Å². The number of benzene rings is 4. The molecule has 6 nitrogen and oxygen atoms in total. The van der Waals surface area contributed by atoms with E-state index in [2.05, 4.69) is 157 Å². The topological polar surface area (TPSA) is 81.4 Å². The van der Waals surface area contributed by atoms with Crippen LogP contribution in [0.2, 0.25) is 0 Å². The number of fused-ring (bicyclic) bond motifs is 4. The van der Waals surface area contributed by atoms with Crippen molar-refractivity contribution in [3.05, 3.63) is 153 Å². The molecule has 6 heteroatoms. The van der Waals surface area contributed by atoms with Crippen LogP contribution in [0.5, 0.6) is 0 Å². The van der Waals surface area contributed by atoms with E-state index in [9.17, 15) is 0 Å². The molecule has 2 aliphatic heterocycles. The molecule has 6 heterocycles. The summed E-state index contributed by atoms with van der Waals surface area (Å²) in [5.74, 6) is 0.345. The molecule has 56 heavy (non-hydrogen) atoms. The third-order valence-corrected chi connectivity index (χ3v) is 12.3. The maximum atomic E-state index is 5.08. The zero-order valence-electron chi connectivity index (χ0n) is 33.0. The van der Waals surface area contributed by atoms with Crippen molar-refractivity contribution in [2.24, 2.45) is 0 Å². The van der Waals surface area contributed by atoms with Gasteiger partial charge in [-0.3, -0.25) is 9.97 Å². The van der Waals surface area contributed by atoms with Gasteiger partial charge in [-0.05, 0) is 152 Å². The quantitative estimate of drug-likeness (QED) is 0.137. The molecule has 0 bridgehead atoms. The van der Waals surface area contributed by atoms with Gasteiger partial charge < -0.3 is 20.6 Å². The number of aromatic amines is 2. The number of hydrogen-bond donors (Lipinski definition) is 4. The molecule has 1 unspecified atom stereocenters. The first-order valence-electron chi connectivity index (χ1n) is 20.1. The summed E-state index contributed by atoms with van der Waals surface area (Å²) in [6.45, 7) is 14.5. The number of hydrogen-bond acceptors (Lipinski definition) is 4. The van der Waals surface area contributed by atoms with Crippen LogP contribution in [0, 0.1) is 34.6 Å². The summed E-state index contributed by atoms with van der Waals surface area (Å²) in [5.41, 5.74) is 24.6. The Balaban J connectivity index is 0.917. The van der Waals surface area contributed by atoms with Crippen LogP contribution in [0.1, 0.15) is 62.1 Å². The summed E-state index contributed by atoms with van der Waals surface area (Å²) in [7, 11) is 0. The van der Waals surface area contributed by atoms with Gasteiger partial charge >= 0.3 is 0 Å². The van der Waals surface area contributed by atoms with Gasteiger partial charge in [-0.25, -0.2) is 0 Å². The SMILES string of the molecule is Cc1cc(-c2[nH]c3cc(-c4ccc5c(c4)CNCC5Cc4cc(-c5[nH]c6cc(-c7ccc8c(c7)CCNC8)ccc6c5C)cc(C)n4)ccc3c2C)cc(C)n1. The molecule has 10 rings (SSSR count). The van der Waals surface area contributed by atoms with E-state index < -0.39 is 0 Å². The summed E-state index contributed by atoms with van der Waals surface area (Å²) in [4.78, 5) is 17.2. The lowest BCUT2D eigenvalue weighted by Crippen LogP contribution is -2.29. The van der Waals surface area contributed by atoms with Crippen LogP contribution >= 0.6 is 0 Å². The molecule has 2 aliphatic rings. The molecule has 0 amide bonds. The molecule has 8 aromatic rings. The van der Waals surface area contributed by atoms with Crippen molar-refractivity contribution in [3.63, 3.8) is 0 Å². The first-order valence-corrected chi connectivity index (χ1v) is 20.1. The van der Waals surface area contributed by atoms with E-state index in [-0.39, 0.29) is 0 Å². The highest BCUT2D eigenvalue weighted by molar-refractivity contribution is 5.94. The minimum absolute atomic E-state index is 0.345. The van der Waals surface area contributed by atoms with Gasteiger partial charge in [0.25, 0.3) is 0 Å². The minimum atomic E-state index is 0.345. The standard InChI is InChI=1S/C50H48N6/c1-28-16-39(17-29(2)53-28)49-31(4)44-12-9-36(24-47(44)55-49)34-10-13-46-41(20-34)26-52-27-42(46)22-43-21-40(18-30(3)54-43)50-32(5)45-11-8-35(23-48(45)56-50)33-6-7-38-25-51-15-14-37(38)19-33/h6-13,16-21,23-24,42,51-52,55-56H,14-15,22,25-27H2,1-5H3. The van der Waals surface area contributed by atoms with Crippen molar-refractivity contribution in [2.45, 2.75) is 66.5 Å². The van der Waals surface area contributed by atoms with E-state index >= 15 is 0 Å². The fourth-order valence-corrected chi connectivity index (χ4v) is 9.50. The van der Waals surface area contributed by atoms with Crippen molar-refractivity contribution in [1.29, 1.82) is 0 Å². The second-order valence-electron chi connectivity index (χ2n) is 16.3. The van der Waals surface area contributed by atoms with Crippen molar-refractivity contribution < 1.29 is 0 Å². The lowest BCUT2D eigenvalue weighted by atomic mass is 9.85. The zero-order chi connectivity index (χ0) is 38.1. The Hall–Kier alpha value is -5.82. The molecule has 4 aromatic carbocycles. The number of aryl methyl sites for hydroxylation is 5. The third kappa shape index (κ3) is 6.23. The van der Waals surface area contributed by atoms with Crippen LogP contribution in [-0.4, -0.2) is 33.0 Å². The number of nitrogens with zero attached hydrogens (tertiary/aromatic N) is 2. The second kappa shape index (κ2) is 13.7. The van der Waals surface area contributed by atoms with Gasteiger partial charge in [0.15, 0.2) is 0 Å². The summed E-state index contributed by atoms with van der Waals surface area (Å²) >= 11 is 0. The van der Waals surface area contributed by atoms with Gasteiger partial charge in [-0.2, -0.15) is 0 Å². The average Bonchev–Trinajstić information content (AvgIpc) is 3.72. The Morgan fingerprint density at radius 1 is 0.518 bits per heavy atom. The molecule has 278 valence electrons. The highest BCUT2D eigenvalue weighted by atomic mass is 14.9. The highest BCUT2D eigenvalue weighted by Gasteiger charge is 2.23. The molecule has 0 aliphatic carbocycles. The largest absolute Gasteiger partial charge is 0.354 e. The van der Waals surface area contributed by atoms with E-state index in [4.69, 9.17) is 4.98 Å². The maximum absolute atomic E-state index is 5.08. The second-order valence-corrected chi connectivity index (χ2v) is 16.3. The van der Waals surface area contributed by atoms with E-state index in [0.717, 1.165) is 67.3 Å². The smallest absolute Gasteiger partial charge is 0.0495 e. The summed E-state index contributed by atoms with van der Waals surface area (Å²) in [6, 6.07) is 36.6. The number of nitrogens with one attached hydrogen (secondary N) is 4. The van der Waals surface area contributed by atoms with E-state index in [1.807, 2.05) is 0 Å². The molecule has 0 radical (unpaired) electrons. The summed E-state index contributed by atoms with van der Waals surface area (Å²) in [5, 5.41) is 9.75. The van der Waals surface area contributed by atoms with E-state index in [0.29, 0.717) is 5.92 Å². The Kier molecular flexibility index (Phi) is 8.50. The zero-order valence-corrected chi connectivity index (χ0v) is 33.0. The molecule has 0 spiro atoms. The molecular formula is C50H48N6. The molecule has 0 saturated heterocycles. The van der Waals surface area contributed by atoms with Crippen molar-refractivity contribution in [2.75, 3.05) is 13.1 Å². The normalized spacial score (nSPS) is 15.3. The van der Waals surface area contributed by atoms with Crippen LogP contribution in [0.15, 0.2) is 97.1 Å². The molecule has 4 N–H and O–H groups in total. The summed E-state index contributed by atoms with van der Waals surface area (Å²) < 4.78 is 0. The molecule has 1 atom stereocenters. The van der Waals surface area contributed by atoms with Crippen LogP contribution in [0.4, 0.5) is 0 Å². The highest BCUT2D eigenvalue weighted by Crippen LogP contribution is 2.37. The van der Waals surface area contributed by atoms with E-state index in [1.54, 1.807) is 0 Å². The lowest BCUT2D eigenvalue weighted by molar-refractivity contribution is 0.535. The number of rotatable bonds is 6. The maximum Gasteiger partial charge on any atom is 0.0495 e. The monoisotopic (exact) mass is 732 g/mol. The lowest BCUT2D eigenvalue weighted by Gasteiger charge is -2.27. The van der Waals surface area contributed by atoms with E-state index in [1.165, 1.54) is 94.4 Å². The molecule has 0 fully saturated rings. The van der Waals surface area contributed by atoms with Crippen molar-refractivity contribution in [3.8, 4) is 44.8 Å². The fourth-order valence-electron chi connectivity index (χ4n) is 9.50. The Morgan fingerprint density at radius 2 is 1.07 bits per heavy atom. The van der Waals surface area contributed by atoms with Gasteiger partial charge in [-0.15, -0.1) is 0 Å². The van der Waals surface area contributed by atoms with Gasteiger partial charge in [0.05, 0.1) is 0 Å².